The van der Waals surface area contributed by atoms with Gasteiger partial charge in [0.05, 0.1) is 0 Å². The van der Waals surface area contributed by atoms with Gasteiger partial charge in [-0.05, 0) is 11.6 Å². The minimum atomic E-state index is -0.726. The lowest BCUT2D eigenvalue weighted by molar-refractivity contribution is 0.676. The van der Waals surface area contributed by atoms with E-state index in [0.717, 1.165) is 18.7 Å². The van der Waals surface area contributed by atoms with E-state index in [1.807, 2.05) is 6.07 Å². The Balaban J connectivity index is 2.25. The second-order valence-corrected chi connectivity index (χ2v) is 4.89. The smallest absolute Gasteiger partial charge is 0.129 e. The molecule has 14 heavy (non-hydrogen) atoms. The first-order valence-electron chi connectivity index (χ1n) is 4.29. The van der Waals surface area contributed by atoms with Crippen LogP contribution >= 0.6 is 11.6 Å². The molecule has 0 fully saturated rings. The molecule has 0 aliphatic rings. The summed E-state index contributed by atoms with van der Waals surface area (Å²) in [6, 6.07) is 3.68. The van der Waals surface area contributed by atoms with Crippen molar-refractivity contribution >= 4 is 22.4 Å². The maximum Gasteiger partial charge on any atom is 0.129 e. The highest BCUT2D eigenvalue weighted by atomic mass is 35.5. The molecule has 0 aliphatic heterocycles. The number of hydrogen-bond donors (Lipinski definition) is 1. The summed E-state index contributed by atoms with van der Waals surface area (Å²) in [6.07, 6.45) is 3.43. The number of halogens is 1. The SMILES string of the molecule is CS(=O)CCNCc1ccc(Cl)nc1. The normalized spacial score (nSPS) is 12.7. The standard InChI is InChI=1S/C9H13ClN2OS/c1-14(13)5-4-11-6-8-2-3-9(10)12-7-8/h2-3,7,11H,4-6H2,1H3. The van der Waals surface area contributed by atoms with Gasteiger partial charge >= 0.3 is 0 Å². The molecule has 0 aromatic carbocycles. The third-order valence-corrected chi connectivity index (χ3v) is 2.69. The minimum Gasteiger partial charge on any atom is -0.312 e. The van der Waals surface area contributed by atoms with Gasteiger partial charge in [-0.15, -0.1) is 0 Å². The van der Waals surface area contributed by atoms with Gasteiger partial charge in [-0.25, -0.2) is 4.98 Å². The third kappa shape index (κ3) is 4.69. The van der Waals surface area contributed by atoms with Crippen molar-refractivity contribution in [1.29, 1.82) is 0 Å². The Kier molecular flexibility index (Phi) is 5.07. The van der Waals surface area contributed by atoms with Crippen molar-refractivity contribution in [3.05, 3.63) is 29.0 Å². The van der Waals surface area contributed by atoms with Crippen molar-refractivity contribution in [1.82, 2.24) is 10.3 Å². The zero-order valence-electron chi connectivity index (χ0n) is 8.00. The van der Waals surface area contributed by atoms with Crippen LogP contribution in [0.4, 0.5) is 0 Å². The molecule has 1 atom stereocenters. The van der Waals surface area contributed by atoms with E-state index in [1.165, 1.54) is 0 Å². The summed E-state index contributed by atoms with van der Waals surface area (Å²) in [4.78, 5) is 3.96. The molecular weight excluding hydrogens is 220 g/mol. The predicted octanol–water partition coefficient (Wildman–Crippen LogP) is 1.20. The van der Waals surface area contributed by atoms with E-state index in [0.29, 0.717) is 10.9 Å². The Labute approximate surface area is 91.3 Å². The summed E-state index contributed by atoms with van der Waals surface area (Å²) in [6.45, 7) is 1.49. The largest absolute Gasteiger partial charge is 0.312 e. The molecule has 1 heterocycles. The number of hydrogen-bond acceptors (Lipinski definition) is 3. The van der Waals surface area contributed by atoms with Crippen molar-refractivity contribution in [2.45, 2.75) is 6.54 Å². The Bertz CT molecular complexity index is 302. The van der Waals surface area contributed by atoms with Crippen LogP contribution < -0.4 is 5.32 Å². The molecule has 0 saturated carbocycles. The van der Waals surface area contributed by atoms with Crippen molar-refractivity contribution in [3.63, 3.8) is 0 Å². The summed E-state index contributed by atoms with van der Waals surface area (Å²) in [5.41, 5.74) is 1.08. The highest BCUT2D eigenvalue weighted by Gasteiger charge is 1.94. The van der Waals surface area contributed by atoms with Crippen LogP contribution in [0.2, 0.25) is 5.15 Å². The lowest BCUT2D eigenvalue weighted by Gasteiger charge is -2.02. The van der Waals surface area contributed by atoms with Crippen molar-refractivity contribution in [2.24, 2.45) is 0 Å². The van der Waals surface area contributed by atoms with Crippen LogP contribution in [0.25, 0.3) is 0 Å². The molecule has 1 rings (SSSR count). The molecule has 0 spiro atoms. The molecule has 0 radical (unpaired) electrons. The van der Waals surface area contributed by atoms with E-state index in [2.05, 4.69) is 10.3 Å². The monoisotopic (exact) mass is 232 g/mol. The van der Waals surface area contributed by atoms with Gasteiger partial charge in [0.25, 0.3) is 0 Å². The molecule has 0 bridgehead atoms. The molecule has 1 unspecified atom stereocenters. The molecule has 3 nitrogen and oxygen atoms in total. The van der Waals surface area contributed by atoms with Crippen LogP contribution in [-0.2, 0) is 17.3 Å². The average Bonchev–Trinajstić information content (AvgIpc) is 2.15. The lowest BCUT2D eigenvalue weighted by Crippen LogP contribution is -2.19. The molecule has 1 N–H and O–H groups in total. The van der Waals surface area contributed by atoms with Gasteiger partial charge in [0.2, 0.25) is 0 Å². The fourth-order valence-electron chi connectivity index (χ4n) is 0.960. The van der Waals surface area contributed by atoms with E-state index in [-0.39, 0.29) is 0 Å². The Morgan fingerprint density at radius 1 is 1.57 bits per heavy atom. The van der Waals surface area contributed by atoms with Gasteiger partial charge in [-0.1, -0.05) is 17.7 Å². The first kappa shape index (κ1) is 11.6. The van der Waals surface area contributed by atoms with Crippen LogP contribution in [-0.4, -0.2) is 27.7 Å². The van der Waals surface area contributed by atoms with Gasteiger partial charge < -0.3 is 5.32 Å². The average molecular weight is 233 g/mol. The highest BCUT2D eigenvalue weighted by molar-refractivity contribution is 7.84. The third-order valence-electron chi connectivity index (χ3n) is 1.68. The van der Waals surface area contributed by atoms with Crippen molar-refractivity contribution < 1.29 is 4.21 Å². The molecule has 78 valence electrons. The zero-order valence-corrected chi connectivity index (χ0v) is 9.57. The molecular formula is C9H13ClN2OS. The maximum atomic E-state index is 10.7. The van der Waals surface area contributed by atoms with E-state index < -0.39 is 10.8 Å². The first-order chi connectivity index (χ1) is 6.68. The van der Waals surface area contributed by atoms with E-state index in [4.69, 9.17) is 11.6 Å². The lowest BCUT2D eigenvalue weighted by atomic mass is 10.3. The summed E-state index contributed by atoms with van der Waals surface area (Å²) < 4.78 is 10.7. The van der Waals surface area contributed by atoms with Crippen LogP contribution in [0.3, 0.4) is 0 Å². The number of rotatable bonds is 5. The topological polar surface area (TPSA) is 42.0 Å². The summed E-state index contributed by atoms with van der Waals surface area (Å²) in [7, 11) is -0.726. The first-order valence-corrected chi connectivity index (χ1v) is 6.40. The van der Waals surface area contributed by atoms with Gasteiger partial charge in [-0.2, -0.15) is 0 Å². The highest BCUT2D eigenvalue weighted by Crippen LogP contribution is 2.04. The Morgan fingerprint density at radius 2 is 2.36 bits per heavy atom. The number of nitrogens with zero attached hydrogens (tertiary/aromatic N) is 1. The number of nitrogens with one attached hydrogen (secondary N) is 1. The van der Waals surface area contributed by atoms with E-state index in [9.17, 15) is 4.21 Å². The van der Waals surface area contributed by atoms with Gasteiger partial charge in [0.15, 0.2) is 0 Å². The molecule has 5 heteroatoms. The number of aromatic nitrogens is 1. The van der Waals surface area contributed by atoms with Crippen LogP contribution in [0.1, 0.15) is 5.56 Å². The Hall–Kier alpha value is -0.450. The van der Waals surface area contributed by atoms with E-state index in [1.54, 1.807) is 18.5 Å². The van der Waals surface area contributed by atoms with Crippen LogP contribution in [0.5, 0.6) is 0 Å². The molecule has 1 aromatic rings. The Morgan fingerprint density at radius 3 is 2.93 bits per heavy atom. The second-order valence-electron chi connectivity index (χ2n) is 2.94. The summed E-state index contributed by atoms with van der Waals surface area (Å²) in [5.74, 6) is 0.682. The van der Waals surface area contributed by atoms with Crippen molar-refractivity contribution in [3.8, 4) is 0 Å². The second kappa shape index (κ2) is 6.11. The van der Waals surface area contributed by atoms with Gasteiger partial charge in [0, 0.05) is 42.1 Å². The zero-order chi connectivity index (χ0) is 10.4. The van der Waals surface area contributed by atoms with E-state index >= 15 is 0 Å². The summed E-state index contributed by atoms with van der Waals surface area (Å²) in [5, 5.41) is 3.68. The minimum absolute atomic E-state index is 0.503. The molecule has 0 saturated heterocycles. The number of pyridine rings is 1. The quantitative estimate of drug-likeness (QED) is 0.613. The molecule has 0 amide bonds. The fraction of sp³-hybridized carbons (Fsp3) is 0.444. The van der Waals surface area contributed by atoms with Crippen molar-refractivity contribution in [2.75, 3.05) is 18.6 Å². The fourth-order valence-corrected chi connectivity index (χ4v) is 1.50. The summed E-state index contributed by atoms with van der Waals surface area (Å²) >= 11 is 5.64. The van der Waals surface area contributed by atoms with Crippen LogP contribution in [0, 0.1) is 0 Å². The van der Waals surface area contributed by atoms with Gasteiger partial charge in [0.1, 0.15) is 5.15 Å². The molecule has 1 aromatic heterocycles. The maximum absolute atomic E-state index is 10.7. The van der Waals surface area contributed by atoms with Crippen LogP contribution in [0.15, 0.2) is 18.3 Å². The molecule has 0 aliphatic carbocycles. The predicted molar refractivity (Wildman–Crippen MR) is 59.9 cm³/mol. The van der Waals surface area contributed by atoms with Gasteiger partial charge in [-0.3, -0.25) is 4.21 Å².